The third kappa shape index (κ3) is 4.05. The Morgan fingerprint density at radius 1 is 1.32 bits per heavy atom. The maximum Gasteiger partial charge on any atom is 0.148 e. The minimum absolute atomic E-state index is 0.527. The first-order valence-corrected chi connectivity index (χ1v) is 7.53. The van der Waals surface area contributed by atoms with Crippen molar-refractivity contribution in [2.45, 2.75) is 10.8 Å². The fourth-order valence-electron chi connectivity index (χ4n) is 1.47. The first-order chi connectivity index (χ1) is 9.19. The van der Waals surface area contributed by atoms with E-state index >= 15 is 0 Å². The lowest BCUT2D eigenvalue weighted by atomic mass is 10.1. The molecule has 1 aromatic heterocycles. The summed E-state index contributed by atoms with van der Waals surface area (Å²) in [4.78, 5) is 5.02. The Hall–Kier alpha value is -1.37. The summed E-state index contributed by atoms with van der Waals surface area (Å²) in [7, 11) is 0. The minimum Gasteiger partial charge on any atom is -0.399 e. The zero-order chi connectivity index (χ0) is 13.7. The highest BCUT2D eigenvalue weighted by atomic mass is 32.2. The maximum absolute atomic E-state index is 10.1. The molecule has 1 aromatic carbocycles. The smallest absolute Gasteiger partial charge is 0.148 e. The van der Waals surface area contributed by atoms with Crippen LogP contribution < -0.4 is 5.73 Å². The summed E-state index contributed by atoms with van der Waals surface area (Å²) in [5, 5.41) is 0. The van der Waals surface area contributed by atoms with Gasteiger partial charge in [0.25, 0.3) is 0 Å². The first-order valence-electron chi connectivity index (χ1n) is 5.53. The fourth-order valence-corrected chi connectivity index (χ4v) is 2.85. The molecule has 2 aromatic rings. The number of aromatic nitrogens is 1. The van der Waals surface area contributed by atoms with Crippen LogP contribution in [0.25, 0.3) is 10.2 Å². The third-order valence-corrected chi connectivity index (χ3v) is 4.12. The molecule has 1 aliphatic carbocycles. The van der Waals surface area contributed by atoms with Gasteiger partial charge in [-0.1, -0.05) is 18.2 Å². The van der Waals surface area contributed by atoms with Gasteiger partial charge in [0.1, 0.15) is 4.34 Å². The number of thiazole rings is 1. The Labute approximate surface area is 124 Å². The van der Waals surface area contributed by atoms with Crippen LogP contribution in [0.1, 0.15) is 6.42 Å². The predicted molar refractivity (Wildman–Crippen MR) is 86.0 cm³/mol. The van der Waals surface area contributed by atoms with Crippen LogP contribution in [0.15, 0.2) is 52.5 Å². The third-order valence-electron chi connectivity index (χ3n) is 2.39. The molecule has 98 valence electrons. The zero-order valence-corrected chi connectivity index (χ0v) is 12.5. The molecular formula is C13H12N2OS3. The van der Waals surface area contributed by atoms with E-state index in [9.17, 15) is 4.21 Å². The number of hydrogen-bond donors (Lipinski definition) is 2. The van der Waals surface area contributed by atoms with E-state index in [0.29, 0.717) is 17.7 Å². The van der Waals surface area contributed by atoms with Crippen LogP contribution in [0.2, 0.25) is 0 Å². The van der Waals surface area contributed by atoms with Crippen LogP contribution in [0, 0.1) is 0 Å². The average molecular weight is 308 g/mol. The molecule has 3 nitrogen and oxygen atoms in total. The van der Waals surface area contributed by atoms with Crippen LogP contribution in [0.5, 0.6) is 0 Å². The van der Waals surface area contributed by atoms with Crippen molar-refractivity contribution >= 4 is 50.3 Å². The fraction of sp³-hybridized carbons (Fsp3) is 0.0769. The molecule has 0 aliphatic heterocycles. The minimum atomic E-state index is 0.527. The molecule has 0 unspecified atom stereocenters. The summed E-state index contributed by atoms with van der Waals surface area (Å²) in [6.45, 7) is 0. The van der Waals surface area contributed by atoms with Crippen molar-refractivity contribution < 1.29 is 4.21 Å². The Bertz CT molecular complexity index is 664. The number of thiol groups is 1. The molecule has 0 saturated carbocycles. The number of nitrogens with zero attached hydrogens (tertiary/aromatic N) is 1. The van der Waals surface area contributed by atoms with E-state index < -0.39 is 0 Å². The number of fused-ring (bicyclic) bond motifs is 1. The van der Waals surface area contributed by atoms with E-state index in [1.54, 1.807) is 23.5 Å². The van der Waals surface area contributed by atoms with Crippen molar-refractivity contribution in [3.63, 3.8) is 0 Å². The highest BCUT2D eigenvalue weighted by Gasteiger charge is 1.97. The summed E-state index contributed by atoms with van der Waals surface area (Å²) in [5.74, 6) is 0. The number of nitrogens with two attached hydrogens (primary N) is 1. The van der Waals surface area contributed by atoms with E-state index in [4.69, 9.17) is 5.73 Å². The van der Waals surface area contributed by atoms with Crippen molar-refractivity contribution in [1.82, 2.24) is 4.98 Å². The van der Waals surface area contributed by atoms with Gasteiger partial charge in [0.15, 0.2) is 0 Å². The van der Waals surface area contributed by atoms with Gasteiger partial charge in [-0.05, 0) is 24.3 Å². The normalized spacial score (nSPS) is 13.7. The molecule has 3 rings (SSSR count). The second kappa shape index (κ2) is 6.70. The lowest BCUT2D eigenvalue weighted by molar-refractivity contribution is 0.701. The second-order valence-electron chi connectivity index (χ2n) is 3.76. The van der Waals surface area contributed by atoms with Crippen LogP contribution in [0.4, 0.5) is 0 Å². The van der Waals surface area contributed by atoms with Gasteiger partial charge in [0, 0.05) is 17.0 Å². The predicted octanol–water partition coefficient (Wildman–Crippen LogP) is 2.76. The van der Waals surface area contributed by atoms with E-state index in [0.717, 1.165) is 20.4 Å². The molecule has 1 heterocycles. The summed E-state index contributed by atoms with van der Waals surface area (Å²) in [6, 6.07) is 8.03. The maximum atomic E-state index is 10.1. The van der Waals surface area contributed by atoms with Gasteiger partial charge in [0.2, 0.25) is 0 Å². The number of rotatable bonds is 0. The van der Waals surface area contributed by atoms with Crippen molar-refractivity contribution in [2.24, 2.45) is 5.73 Å². The van der Waals surface area contributed by atoms with E-state index in [1.165, 1.54) is 4.70 Å². The lowest BCUT2D eigenvalue weighted by Crippen LogP contribution is -2.02. The number of hydrogen-bond acceptors (Lipinski definition) is 5. The van der Waals surface area contributed by atoms with Crippen molar-refractivity contribution in [2.75, 3.05) is 0 Å². The monoisotopic (exact) mass is 308 g/mol. The van der Waals surface area contributed by atoms with Crippen LogP contribution >= 0.6 is 24.0 Å². The highest BCUT2D eigenvalue weighted by Crippen LogP contribution is 2.23. The molecule has 0 saturated heterocycles. The van der Waals surface area contributed by atoms with E-state index in [2.05, 4.69) is 17.6 Å². The summed E-state index contributed by atoms with van der Waals surface area (Å²) >= 11 is 6.28. The van der Waals surface area contributed by atoms with Gasteiger partial charge in [-0.15, -0.1) is 24.0 Å². The van der Waals surface area contributed by atoms with Gasteiger partial charge >= 0.3 is 0 Å². The molecule has 0 radical (unpaired) electrons. The van der Waals surface area contributed by atoms with Crippen molar-refractivity contribution in [1.29, 1.82) is 0 Å². The van der Waals surface area contributed by atoms with Crippen LogP contribution in [-0.4, -0.2) is 14.1 Å². The first kappa shape index (κ1) is 14.0. The van der Waals surface area contributed by atoms with Crippen molar-refractivity contribution in [3.05, 3.63) is 48.2 Å². The van der Waals surface area contributed by atoms with Crippen molar-refractivity contribution in [3.8, 4) is 0 Å². The quantitative estimate of drug-likeness (QED) is 0.581. The molecule has 0 spiro atoms. The molecule has 0 fully saturated rings. The largest absolute Gasteiger partial charge is 0.399 e. The van der Waals surface area contributed by atoms with Gasteiger partial charge in [0.05, 0.1) is 21.5 Å². The van der Waals surface area contributed by atoms with Gasteiger partial charge < -0.3 is 5.73 Å². The molecule has 0 bridgehead atoms. The summed E-state index contributed by atoms with van der Waals surface area (Å²) in [6.07, 6.45) is 6.02. The molecule has 6 heteroatoms. The lowest BCUT2D eigenvalue weighted by Gasteiger charge is -1.99. The number of benzene rings is 1. The van der Waals surface area contributed by atoms with Crippen LogP contribution in [0.3, 0.4) is 0 Å². The SMILES string of the molecule is NC1=CCC(=S=O)C=C1.Sc1nc2ccccc2s1. The molecule has 2 N–H and O–H groups in total. The van der Waals surface area contributed by atoms with E-state index in [-0.39, 0.29) is 0 Å². The van der Waals surface area contributed by atoms with E-state index in [1.807, 2.05) is 30.3 Å². The number of allylic oxidation sites excluding steroid dienone is 3. The zero-order valence-electron chi connectivity index (χ0n) is 9.95. The molecule has 0 amide bonds. The number of para-hydroxylation sites is 1. The van der Waals surface area contributed by atoms with Gasteiger partial charge in [-0.2, -0.15) is 0 Å². The highest BCUT2D eigenvalue weighted by molar-refractivity contribution is 7.82. The van der Waals surface area contributed by atoms with Gasteiger partial charge in [-0.25, -0.2) is 9.19 Å². The Morgan fingerprint density at radius 3 is 2.74 bits per heavy atom. The van der Waals surface area contributed by atoms with Gasteiger partial charge in [-0.3, -0.25) is 0 Å². The Balaban J connectivity index is 0.000000141. The Morgan fingerprint density at radius 2 is 2.11 bits per heavy atom. The molecule has 19 heavy (non-hydrogen) atoms. The average Bonchev–Trinajstić information content (AvgIpc) is 2.80. The second-order valence-corrected chi connectivity index (χ2v) is 6.20. The topological polar surface area (TPSA) is 56.0 Å². The summed E-state index contributed by atoms with van der Waals surface area (Å²) < 4.78 is 12.2. The standard InChI is InChI=1S/C7H5NS2.C6H7NOS/c9-7-8-5-3-1-2-4-6(5)10-7;7-5-1-3-6(9-8)4-2-5/h1-4H,(H,8,9);1-3H,4,7H2. The molecular weight excluding hydrogens is 296 g/mol. The molecule has 0 atom stereocenters. The molecule has 1 aliphatic rings. The summed E-state index contributed by atoms with van der Waals surface area (Å²) in [5.41, 5.74) is 7.18. The Kier molecular flexibility index (Phi) is 4.95. The van der Waals surface area contributed by atoms with Crippen LogP contribution in [-0.2, 0) is 11.3 Å².